The zero-order chi connectivity index (χ0) is 10.7. The third-order valence-electron chi connectivity index (χ3n) is 2.30. The molecule has 0 aliphatic rings. The van der Waals surface area contributed by atoms with Crippen molar-refractivity contribution < 1.29 is 0 Å². The summed E-state index contributed by atoms with van der Waals surface area (Å²) in [5.41, 5.74) is 1.97. The van der Waals surface area contributed by atoms with Crippen LogP contribution in [0.4, 0.5) is 0 Å². The van der Waals surface area contributed by atoms with E-state index >= 15 is 0 Å². The molecule has 0 fully saturated rings. The van der Waals surface area contributed by atoms with Crippen molar-refractivity contribution in [3.05, 3.63) is 48.0 Å². The highest BCUT2D eigenvalue weighted by Crippen LogP contribution is 2.16. The van der Waals surface area contributed by atoms with Crippen molar-refractivity contribution in [2.75, 3.05) is 7.05 Å². The molecule has 1 atom stereocenters. The Kier molecular flexibility index (Phi) is 2.78. The maximum atomic E-state index is 4.37. The maximum Gasteiger partial charge on any atom is 0.0941 e. The molecule has 0 spiro atoms. The third-order valence-corrected chi connectivity index (χ3v) is 2.30. The lowest BCUT2D eigenvalue weighted by Gasteiger charge is -2.12. The fraction of sp³-hybridized carbons (Fsp3) is 0.273. The van der Waals surface area contributed by atoms with Crippen LogP contribution in [0.1, 0.15) is 17.4 Å². The van der Waals surface area contributed by atoms with Gasteiger partial charge in [-0.25, -0.2) is 0 Å². The molecule has 1 N–H and O–H groups in total. The molecule has 15 heavy (non-hydrogen) atoms. The van der Waals surface area contributed by atoms with Crippen LogP contribution in [0.3, 0.4) is 0 Å². The Balaban J connectivity index is 2.33. The summed E-state index contributed by atoms with van der Waals surface area (Å²) in [7, 11) is 3.82. The molecule has 0 aliphatic heterocycles. The van der Waals surface area contributed by atoms with Gasteiger partial charge in [0.05, 0.1) is 17.4 Å². The molecule has 0 aromatic carbocycles. The van der Waals surface area contributed by atoms with E-state index in [0.717, 1.165) is 11.4 Å². The van der Waals surface area contributed by atoms with Gasteiger partial charge in [-0.3, -0.25) is 9.67 Å². The highest BCUT2D eigenvalue weighted by molar-refractivity contribution is 5.20. The molecule has 2 aromatic heterocycles. The van der Waals surface area contributed by atoms with Crippen molar-refractivity contribution in [1.82, 2.24) is 20.1 Å². The summed E-state index contributed by atoms with van der Waals surface area (Å²) in [6.07, 6.45) is 3.73. The Morgan fingerprint density at radius 1 is 1.27 bits per heavy atom. The highest BCUT2D eigenvalue weighted by atomic mass is 15.3. The fourth-order valence-electron chi connectivity index (χ4n) is 1.58. The highest BCUT2D eigenvalue weighted by Gasteiger charge is 2.14. The first kappa shape index (κ1) is 9.86. The summed E-state index contributed by atoms with van der Waals surface area (Å²) in [4.78, 5) is 4.32. The van der Waals surface area contributed by atoms with Crippen LogP contribution in [-0.4, -0.2) is 21.8 Å². The second kappa shape index (κ2) is 4.23. The number of nitrogens with one attached hydrogen (secondary N) is 1. The number of aromatic nitrogens is 3. The van der Waals surface area contributed by atoms with Crippen LogP contribution in [-0.2, 0) is 7.05 Å². The Morgan fingerprint density at radius 3 is 2.67 bits per heavy atom. The minimum Gasteiger partial charge on any atom is -0.307 e. The van der Waals surface area contributed by atoms with E-state index in [2.05, 4.69) is 15.4 Å². The number of pyridine rings is 1. The molecule has 2 aromatic rings. The normalized spacial score (nSPS) is 12.7. The minimum absolute atomic E-state index is 0.0624. The monoisotopic (exact) mass is 202 g/mol. The molecule has 78 valence electrons. The van der Waals surface area contributed by atoms with Crippen LogP contribution in [0.2, 0.25) is 0 Å². The Morgan fingerprint density at radius 2 is 2.13 bits per heavy atom. The summed E-state index contributed by atoms with van der Waals surface area (Å²) in [5, 5.41) is 7.58. The molecule has 1 unspecified atom stereocenters. The van der Waals surface area contributed by atoms with Crippen LogP contribution in [0, 0.1) is 0 Å². The Hall–Kier alpha value is -1.68. The van der Waals surface area contributed by atoms with Gasteiger partial charge in [-0.1, -0.05) is 6.07 Å². The molecule has 0 saturated heterocycles. The van der Waals surface area contributed by atoms with Gasteiger partial charge in [0.2, 0.25) is 0 Å². The summed E-state index contributed by atoms with van der Waals surface area (Å²) in [5.74, 6) is 0. The van der Waals surface area contributed by atoms with Gasteiger partial charge in [-0.2, -0.15) is 5.10 Å². The first-order valence-electron chi connectivity index (χ1n) is 4.89. The van der Waals surface area contributed by atoms with E-state index in [1.165, 1.54) is 0 Å². The molecule has 0 aliphatic carbocycles. The lowest BCUT2D eigenvalue weighted by Crippen LogP contribution is -2.19. The van der Waals surface area contributed by atoms with Crippen molar-refractivity contribution in [2.45, 2.75) is 6.04 Å². The predicted octanol–water partition coefficient (Wildman–Crippen LogP) is 1.12. The van der Waals surface area contributed by atoms with Gasteiger partial charge in [0.15, 0.2) is 0 Å². The van der Waals surface area contributed by atoms with Crippen LogP contribution in [0.5, 0.6) is 0 Å². The second-order valence-electron chi connectivity index (χ2n) is 3.39. The van der Waals surface area contributed by atoms with Crippen LogP contribution < -0.4 is 5.32 Å². The lowest BCUT2D eigenvalue weighted by molar-refractivity contribution is 0.628. The minimum atomic E-state index is 0.0624. The lowest BCUT2D eigenvalue weighted by atomic mass is 10.1. The van der Waals surface area contributed by atoms with Crippen molar-refractivity contribution in [1.29, 1.82) is 0 Å². The quantitative estimate of drug-likeness (QED) is 0.811. The Bertz CT molecular complexity index is 421. The first-order chi connectivity index (χ1) is 7.31. The van der Waals surface area contributed by atoms with Crippen molar-refractivity contribution in [2.24, 2.45) is 7.05 Å². The first-order valence-corrected chi connectivity index (χ1v) is 4.89. The molecule has 0 saturated carbocycles. The van der Waals surface area contributed by atoms with E-state index in [9.17, 15) is 0 Å². The molecular weight excluding hydrogens is 188 g/mol. The molecule has 4 heteroatoms. The maximum absolute atomic E-state index is 4.37. The number of hydrogen-bond acceptors (Lipinski definition) is 3. The summed E-state index contributed by atoms with van der Waals surface area (Å²) < 4.78 is 1.79. The van der Waals surface area contributed by atoms with Gasteiger partial charge in [-0.05, 0) is 25.2 Å². The van der Waals surface area contributed by atoms with Crippen LogP contribution >= 0.6 is 0 Å². The van der Waals surface area contributed by atoms with Crippen molar-refractivity contribution >= 4 is 0 Å². The zero-order valence-corrected chi connectivity index (χ0v) is 8.88. The average molecular weight is 202 g/mol. The molecule has 2 rings (SSSR count). The number of rotatable bonds is 3. The fourth-order valence-corrected chi connectivity index (χ4v) is 1.58. The van der Waals surface area contributed by atoms with Gasteiger partial charge in [-0.15, -0.1) is 0 Å². The van der Waals surface area contributed by atoms with E-state index in [4.69, 9.17) is 0 Å². The van der Waals surface area contributed by atoms with Gasteiger partial charge in [0.1, 0.15) is 0 Å². The van der Waals surface area contributed by atoms with Crippen molar-refractivity contribution in [3.63, 3.8) is 0 Å². The zero-order valence-electron chi connectivity index (χ0n) is 8.88. The summed E-state index contributed by atoms with van der Waals surface area (Å²) in [6.45, 7) is 0. The summed E-state index contributed by atoms with van der Waals surface area (Å²) >= 11 is 0. The molecule has 2 heterocycles. The van der Waals surface area contributed by atoms with Gasteiger partial charge in [0, 0.05) is 19.4 Å². The van der Waals surface area contributed by atoms with E-state index < -0.39 is 0 Å². The van der Waals surface area contributed by atoms with E-state index in [-0.39, 0.29) is 6.04 Å². The predicted molar refractivity (Wildman–Crippen MR) is 58.3 cm³/mol. The van der Waals surface area contributed by atoms with E-state index in [0.29, 0.717) is 0 Å². The molecule has 0 radical (unpaired) electrons. The number of hydrogen-bond donors (Lipinski definition) is 1. The van der Waals surface area contributed by atoms with Gasteiger partial charge < -0.3 is 5.32 Å². The average Bonchev–Trinajstić information content (AvgIpc) is 2.68. The van der Waals surface area contributed by atoms with Crippen LogP contribution in [0.25, 0.3) is 0 Å². The van der Waals surface area contributed by atoms with Gasteiger partial charge >= 0.3 is 0 Å². The van der Waals surface area contributed by atoms with E-state index in [1.807, 2.05) is 44.6 Å². The molecule has 4 nitrogen and oxygen atoms in total. The summed E-state index contributed by atoms with van der Waals surface area (Å²) in [6, 6.07) is 7.95. The standard InChI is InChI=1S/C11H14N4/c1-12-11(9-5-3-4-7-13-9)10-6-8-15(2)14-10/h3-8,11-12H,1-2H3. The number of aryl methyl sites for hydroxylation is 1. The Labute approximate surface area is 89.0 Å². The van der Waals surface area contributed by atoms with Gasteiger partial charge in [0.25, 0.3) is 0 Å². The third kappa shape index (κ3) is 2.05. The smallest absolute Gasteiger partial charge is 0.0941 e. The van der Waals surface area contributed by atoms with E-state index in [1.54, 1.807) is 10.9 Å². The molecular formula is C11H14N4. The largest absolute Gasteiger partial charge is 0.307 e. The SMILES string of the molecule is CNC(c1ccccn1)c1ccn(C)n1. The number of nitrogens with zero attached hydrogens (tertiary/aromatic N) is 3. The molecule has 0 bridgehead atoms. The van der Waals surface area contributed by atoms with Crippen molar-refractivity contribution in [3.8, 4) is 0 Å². The van der Waals surface area contributed by atoms with Crippen LogP contribution in [0.15, 0.2) is 36.7 Å². The molecule has 0 amide bonds. The second-order valence-corrected chi connectivity index (χ2v) is 3.39. The topological polar surface area (TPSA) is 42.7 Å².